The van der Waals surface area contributed by atoms with Gasteiger partial charge in [-0.1, -0.05) is 67.6 Å². The maximum Gasteiger partial charge on any atom is 0.310 e. The van der Waals surface area contributed by atoms with Crippen LogP contribution in [0.15, 0.2) is 60.7 Å². The molecule has 98 valence electrons. The molecule has 2 aromatic rings. The molecule has 0 aliphatic rings. The van der Waals surface area contributed by atoms with Crippen LogP contribution in [-0.2, 0) is 16.0 Å². The van der Waals surface area contributed by atoms with Crippen LogP contribution in [0.5, 0.6) is 0 Å². The Balaban J connectivity index is 1.97. The number of ether oxygens (including phenoxy) is 1. The fourth-order valence-electron chi connectivity index (χ4n) is 2.02. The molecule has 0 heterocycles. The number of carbonyl (C=O) groups is 1. The Kier molecular flexibility index (Phi) is 4.73. The molecule has 0 aromatic heterocycles. The normalized spacial score (nSPS) is 11.8. The first-order valence-corrected chi connectivity index (χ1v) is 6.58. The van der Waals surface area contributed by atoms with Crippen LogP contribution in [0.25, 0.3) is 0 Å². The summed E-state index contributed by atoms with van der Waals surface area (Å²) in [6, 6.07) is 19.5. The first-order valence-electron chi connectivity index (χ1n) is 6.58. The van der Waals surface area contributed by atoms with Crippen molar-refractivity contribution in [2.75, 3.05) is 0 Å². The van der Waals surface area contributed by atoms with Crippen LogP contribution in [0.1, 0.15) is 30.6 Å². The highest BCUT2D eigenvalue weighted by molar-refractivity contribution is 5.72. The molecule has 2 heteroatoms. The van der Waals surface area contributed by atoms with E-state index in [1.165, 1.54) is 0 Å². The van der Waals surface area contributed by atoms with Crippen molar-refractivity contribution in [1.82, 2.24) is 0 Å². The average Bonchev–Trinajstić information content (AvgIpc) is 2.47. The van der Waals surface area contributed by atoms with Gasteiger partial charge in [0.25, 0.3) is 0 Å². The summed E-state index contributed by atoms with van der Waals surface area (Å²) in [5.74, 6) is -0.179. The summed E-state index contributed by atoms with van der Waals surface area (Å²) in [7, 11) is 0. The molecule has 2 nitrogen and oxygen atoms in total. The molecule has 0 N–H and O–H groups in total. The smallest absolute Gasteiger partial charge is 0.310 e. The Hall–Kier alpha value is -2.09. The number of rotatable bonds is 5. The monoisotopic (exact) mass is 254 g/mol. The second kappa shape index (κ2) is 6.74. The summed E-state index contributed by atoms with van der Waals surface area (Å²) < 4.78 is 5.55. The highest BCUT2D eigenvalue weighted by Gasteiger charge is 2.14. The van der Waals surface area contributed by atoms with Gasteiger partial charge >= 0.3 is 5.97 Å². The van der Waals surface area contributed by atoms with Crippen LogP contribution in [0.2, 0.25) is 0 Å². The van der Waals surface area contributed by atoms with E-state index in [4.69, 9.17) is 4.74 Å². The minimum absolute atomic E-state index is 0.155. The molecule has 0 radical (unpaired) electrons. The van der Waals surface area contributed by atoms with Crippen molar-refractivity contribution in [3.63, 3.8) is 0 Å². The lowest BCUT2D eigenvalue weighted by Gasteiger charge is -2.16. The van der Waals surface area contributed by atoms with Crippen LogP contribution >= 0.6 is 0 Å². The molecule has 19 heavy (non-hydrogen) atoms. The number of hydrogen-bond acceptors (Lipinski definition) is 2. The second-order valence-electron chi connectivity index (χ2n) is 4.46. The zero-order chi connectivity index (χ0) is 13.5. The average molecular weight is 254 g/mol. The van der Waals surface area contributed by atoms with Gasteiger partial charge < -0.3 is 4.74 Å². The molecule has 0 bridgehead atoms. The molecule has 1 unspecified atom stereocenters. The van der Waals surface area contributed by atoms with Crippen LogP contribution in [0.4, 0.5) is 0 Å². The van der Waals surface area contributed by atoms with Crippen LogP contribution < -0.4 is 0 Å². The lowest BCUT2D eigenvalue weighted by molar-refractivity contribution is -0.148. The van der Waals surface area contributed by atoms with Gasteiger partial charge in [-0.05, 0) is 17.5 Å². The first kappa shape index (κ1) is 13.3. The van der Waals surface area contributed by atoms with Gasteiger partial charge in [-0.25, -0.2) is 0 Å². The summed E-state index contributed by atoms with van der Waals surface area (Å²) in [5.41, 5.74) is 2.03. The van der Waals surface area contributed by atoms with Gasteiger partial charge in [-0.15, -0.1) is 0 Å². The Labute approximate surface area is 114 Å². The van der Waals surface area contributed by atoms with Crippen molar-refractivity contribution in [1.29, 1.82) is 0 Å². The number of benzene rings is 2. The molecule has 0 saturated heterocycles. The van der Waals surface area contributed by atoms with E-state index in [1.54, 1.807) is 0 Å². The summed E-state index contributed by atoms with van der Waals surface area (Å²) in [6.45, 7) is 2.02. The van der Waals surface area contributed by atoms with E-state index in [1.807, 2.05) is 67.6 Å². The Morgan fingerprint density at radius 2 is 1.58 bits per heavy atom. The maximum absolute atomic E-state index is 11.9. The van der Waals surface area contributed by atoms with Crippen molar-refractivity contribution in [3.05, 3.63) is 71.8 Å². The third-order valence-corrected chi connectivity index (χ3v) is 3.01. The highest BCUT2D eigenvalue weighted by Crippen LogP contribution is 2.21. The SMILES string of the molecule is CCC(OC(=O)Cc1ccccc1)c1ccccc1. The molecule has 0 aliphatic carbocycles. The van der Waals surface area contributed by atoms with Crippen LogP contribution in [0.3, 0.4) is 0 Å². The van der Waals surface area contributed by atoms with Gasteiger partial charge in [0.2, 0.25) is 0 Å². The van der Waals surface area contributed by atoms with E-state index in [2.05, 4.69) is 0 Å². The molecule has 2 aromatic carbocycles. The topological polar surface area (TPSA) is 26.3 Å². The van der Waals surface area contributed by atoms with Crippen molar-refractivity contribution in [2.24, 2.45) is 0 Å². The summed E-state index contributed by atoms with van der Waals surface area (Å²) in [4.78, 5) is 11.9. The van der Waals surface area contributed by atoms with Crippen molar-refractivity contribution >= 4 is 5.97 Å². The van der Waals surface area contributed by atoms with Crippen LogP contribution in [0, 0.1) is 0 Å². The molecule has 0 amide bonds. The summed E-state index contributed by atoms with van der Waals surface area (Å²) in [5, 5.41) is 0. The molecule has 0 fully saturated rings. The van der Waals surface area contributed by atoms with E-state index >= 15 is 0 Å². The van der Waals surface area contributed by atoms with Crippen molar-refractivity contribution in [3.8, 4) is 0 Å². The highest BCUT2D eigenvalue weighted by atomic mass is 16.5. The van der Waals surface area contributed by atoms with Crippen LogP contribution in [-0.4, -0.2) is 5.97 Å². The Morgan fingerprint density at radius 3 is 2.16 bits per heavy atom. The van der Waals surface area contributed by atoms with Gasteiger partial charge in [-0.2, -0.15) is 0 Å². The number of hydrogen-bond donors (Lipinski definition) is 0. The minimum Gasteiger partial charge on any atom is -0.457 e. The quantitative estimate of drug-likeness (QED) is 0.756. The van der Waals surface area contributed by atoms with Gasteiger partial charge in [0.05, 0.1) is 6.42 Å². The van der Waals surface area contributed by atoms with E-state index in [-0.39, 0.29) is 12.1 Å². The Morgan fingerprint density at radius 1 is 1.00 bits per heavy atom. The number of esters is 1. The largest absolute Gasteiger partial charge is 0.457 e. The third kappa shape index (κ3) is 3.95. The van der Waals surface area contributed by atoms with Gasteiger partial charge in [-0.3, -0.25) is 4.79 Å². The lowest BCUT2D eigenvalue weighted by atomic mass is 10.1. The third-order valence-electron chi connectivity index (χ3n) is 3.01. The molecule has 2 rings (SSSR count). The first-order chi connectivity index (χ1) is 9.29. The summed E-state index contributed by atoms with van der Waals surface area (Å²) in [6.07, 6.45) is 0.951. The van der Waals surface area contributed by atoms with E-state index in [0.717, 1.165) is 17.5 Å². The standard InChI is InChI=1S/C17H18O2/c1-2-16(15-11-7-4-8-12-15)19-17(18)13-14-9-5-3-6-10-14/h3-12,16H,2,13H2,1H3. The zero-order valence-electron chi connectivity index (χ0n) is 11.1. The predicted molar refractivity (Wildman–Crippen MR) is 75.7 cm³/mol. The second-order valence-corrected chi connectivity index (χ2v) is 4.46. The number of carbonyl (C=O) groups excluding carboxylic acids is 1. The zero-order valence-corrected chi connectivity index (χ0v) is 11.1. The van der Waals surface area contributed by atoms with E-state index in [0.29, 0.717) is 6.42 Å². The van der Waals surface area contributed by atoms with Gasteiger partial charge in [0.15, 0.2) is 0 Å². The molecular formula is C17H18O2. The summed E-state index contributed by atoms with van der Waals surface area (Å²) >= 11 is 0. The molecule has 0 spiro atoms. The fraction of sp³-hybridized carbons (Fsp3) is 0.235. The Bertz CT molecular complexity index is 505. The predicted octanol–water partition coefficient (Wildman–Crippen LogP) is 3.92. The maximum atomic E-state index is 11.9. The molecule has 0 aliphatic heterocycles. The fourth-order valence-corrected chi connectivity index (χ4v) is 2.02. The van der Waals surface area contributed by atoms with E-state index in [9.17, 15) is 4.79 Å². The lowest BCUT2D eigenvalue weighted by Crippen LogP contribution is -2.13. The van der Waals surface area contributed by atoms with E-state index < -0.39 is 0 Å². The van der Waals surface area contributed by atoms with Crippen molar-refractivity contribution in [2.45, 2.75) is 25.9 Å². The van der Waals surface area contributed by atoms with Crippen molar-refractivity contribution < 1.29 is 9.53 Å². The molecular weight excluding hydrogens is 236 g/mol. The van der Waals surface area contributed by atoms with Gasteiger partial charge in [0, 0.05) is 0 Å². The minimum atomic E-state index is -0.179. The van der Waals surface area contributed by atoms with Gasteiger partial charge in [0.1, 0.15) is 6.10 Å². The molecule has 0 saturated carbocycles. The molecule has 1 atom stereocenters.